The lowest BCUT2D eigenvalue weighted by molar-refractivity contribution is 0.0938. The van der Waals surface area contributed by atoms with E-state index in [0.717, 1.165) is 17.8 Å². The van der Waals surface area contributed by atoms with Crippen LogP contribution in [0.25, 0.3) is 0 Å². The van der Waals surface area contributed by atoms with E-state index >= 15 is 0 Å². The summed E-state index contributed by atoms with van der Waals surface area (Å²) in [6, 6.07) is 0. The number of carbonyl (C=O) groups is 1. The summed E-state index contributed by atoms with van der Waals surface area (Å²) in [5, 5.41) is 3.86. The second-order valence-corrected chi connectivity index (χ2v) is 6.50. The Morgan fingerprint density at radius 2 is 2.29 bits per heavy atom. The number of nitrogens with zero attached hydrogens (tertiary/aromatic N) is 1. The normalized spacial score (nSPS) is 11.5. The smallest absolute Gasteiger partial charge is 0.263 e. The Labute approximate surface area is 112 Å². The first-order chi connectivity index (χ1) is 7.94. The summed E-state index contributed by atoms with van der Waals surface area (Å²) in [6.07, 6.45) is 3.61. The van der Waals surface area contributed by atoms with Crippen LogP contribution in [0.1, 0.15) is 41.4 Å². The average molecular weight is 275 g/mol. The summed E-state index contributed by atoms with van der Waals surface area (Å²) in [5.41, 5.74) is 0.0876. The molecule has 0 bridgehead atoms. The van der Waals surface area contributed by atoms with Gasteiger partial charge in [-0.2, -0.15) is 0 Å². The van der Waals surface area contributed by atoms with Gasteiger partial charge < -0.3 is 5.32 Å². The maximum atomic E-state index is 11.8. The molecule has 0 aromatic carbocycles. The van der Waals surface area contributed by atoms with Gasteiger partial charge in [-0.1, -0.05) is 13.8 Å². The molecule has 17 heavy (non-hydrogen) atoms. The molecule has 3 nitrogen and oxygen atoms in total. The van der Waals surface area contributed by atoms with Crippen LogP contribution in [0.4, 0.5) is 0 Å². The molecule has 0 spiro atoms. The van der Waals surface area contributed by atoms with Crippen LogP contribution in [0.5, 0.6) is 0 Å². The van der Waals surface area contributed by atoms with Gasteiger partial charge in [0.05, 0.1) is 11.2 Å². The highest BCUT2D eigenvalue weighted by molar-refractivity contribution is 7.13. The molecule has 1 rings (SSSR count). The highest BCUT2D eigenvalue weighted by Gasteiger charge is 2.19. The molecule has 1 aromatic rings. The summed E-state index contributed by atoms with van der Waals surface area (Å²) >= 11 is 7.10. The van der Waals surface area contributed by atoms with E-state index in [4.69, 9.17) is 11.6 Å². The molecule has 1 aromatic heterocycles. The van der Waals surface area contributed by atoms with Crippen molar-refractivity contribution in [2.24, 2.45) is 5.41 Å². The minimum absolute atomic E-state index is 0.0328. The first kappa shape index (κ1) is 14.5. The number of thiazole rings is 1. The maximum Gasteiger partial charge on any atom is 0.263 e. The molecule has 1 heterocycles. The van der Waals surface area contributed by atoms with Gasteiger partial charge in [0.2, 0.25) is 0 Å². The number of halogens is 1. The number of carbonyl (C=O) groups excluding carboxylic acids is 1. The average Bonchev–Trinajstić information content (AvgIpc) is 2.70. The van der Waals surface area contributed by atoms with Crippen molar-refractivity contribution in [2.75, 3.05) is 12.4 Å². The van der Waals surface area contributed by atoms with Crippen molar-refractivity contribution >= 4 is 28.8 Å². The molecule has 0 aliphatic heterocycles. The van der Waals surface area contributed by atoms with Crippen LogP contribution in [-0.4, -0.2) is 23.3 Å². The molecular weight excluding hydrogens is 256 g/mol. The fourth-order valence-corrected chi connectivity index (χ4v) is 2.33. The quantitative estimate of drug-likeness (QED) is 0.810. The number of rotatable bonds is 6. The zero-order chi connectivity index (χ0) is 12.9. The van der Waals surface area contributed by atoms with E-state index in [1.165, 1.54) is 11.3 Å². The number of alkyl halides is 1. The third kappa shape index (κ3) is 5.04. The molecule has 0 radical (unpaired) electrons. The number of aryl methyl sites for hydroxylation is 1. The number of amides is 1. The van der Waals surface area contributed by atoms with E-state index in [1.807, 2.05) is 6.92 Å². The van der Waals surface area contributed by atoms with Crippen LogP contribution in [0, 0.1) is 12.3 Å². The summed E-state index contributed by atoms with van der Waals surface area (Å²) < 4.78 is 0. The number of hydrogen-bond acceptors (Lipinski definition) is 3. The van der Waals surface area contributed by atoms with Gasteiger partial charge in [-0.25, -0.2) is 4.98 Å². The number of aromatic nitrogens is 1. The molecule has 1 N–H and O–H groups in total. The van der Waals surface area contributed by atoms with Crippen molar-refractivity contribution < 1.29 is 4.79 Å². The molecule has 0 atom stereocenters. The minimum Gasteiger partial charge on any atom is -0.351 e. The van der Waals surface area contributed by atoms with Gasteiger partial charge in [0.25, 0.3) is 5.91 Å². The number of hydrogen-bond donors (Lipinski definition) is 1. The fraction of sp³-hybridized carbons (Fsp3) is 0.667. The van der Waals surface area contributed by atoms with Crippen molar-refractivity contribution in [1.82, 2.24) is 10.3 Å². The Morgan fingerprint density at radius 1 is 1.59 bits per heavy atom. The molecule has 0 saturated carbocycles. The lowest BCUT2D eigenvalue weighted by Gasteiger charge is -2.24. The second-order valence-electron chi connectivity index (χ2n) is 4.88. The standard InChI is InChI=1S/C12H19ClN2OS/c1-9-14-7-10(17-9)11(16)15-8-12(2,3)5-4-6-13/h7H,4-6,8H2,1-3H3,(H,15,16). The Hall–Kier alpha value is -0.610. The van der Waals surface area contributed by atoms with Crippen LogP contribution in [0.3, 0.4) is 0 Å². The molecule has 0 aliphatic carbocycles. The highest BCUT2D eigenvalue weighted by Crippen LogP contribution is 2.21. The Morgan fingerprint density at radius 3 is 2.82 bits per heavy atom. The number of nitrogens with one attached hydrogen (secondary N) is 1. The topological polar surface area (TPSA) is 42.0 Å². The predicted octanol–water partition coefficient (Wildman–Crippen LogP) is 3.23. The summed E-state index contributed by atoms with van der Waals surface area (Å²) in [4.78, 5) is 16.6. The Balaban J connectivity index is 2.42. The second kappa shape index (κ2) is 6.36. The van der Waals surface area contributed by atoms with Gasteiger partial charge in [0.15, 0.2) is 0 Å². The van der Waals surface area contributed by atoms with Gasteiger partial charge in [-0.05, 0) is 25.2 Å². The first-order valence-electron chi connectivity index (χ1n) is 5.71. The van der Waals surface area contributed by atoms with E-state index in [1.54, 1.807) is 6.20 Å². The summed E-state index contributed by atoms with van der Waals surface area (Å²) in [7, 11) is 0. The monoisotopic (exact) mass is 274 g/mol. The largest absolute Gasteiger partial charge is 0.351 e. The first-order valence-corrected chi connectivity index (χ1v) is 7.06. The molecule has 0 fully saturated rings. The van der Waals surface area contributed by atoms with E-state index in [-0.39, 0.29) is 11.3 Å². The maximum absolute atomic E-state index is 11.8. The van der Waals surface area contributed by atoms with Crippen LogP contribution in [0.15, 0.2) is 6.20 Å². The molecule has 1 amide bonds. The van der Waals surface area contributed by atoms with Crippen LogP contribution < -0.4 is 5.32 Å². The molecule has 0 unspecified atom stereocenters. The molecule has 0 saturated heterocycles. The van der Waals surface area contributed by atoms with Crippen LogP contribution in [-0.2, 0) is 0 Å². The van der Waals surface area contributed by atoms with Crippen molar-refractivity contribution in [2.45, 2.75) is 33.6 Å². The fourth-order valence-electron chi connectivity index (χ4n) is 1.51. The van der Waals surface area contributed by atoms with E-state index in [2.05, 4.69) is 24.1 Å². The zero-order valence-electron chi connectivity index (χ0n) is 10.5. The van der Waals surface area contributed by atoms with Crippen molar-refractivity contribution in [1.29, 1.82) is 0 Å². The SMILES string of the molecule is Cc1ncc(C(=O)NCC(C)(C)CCCCl)s1. The van der Waals surface area contributed by atoms with Gasteiger partial charge in [-0.3, -0.25) is 4.79 Å². The van der Waals surface area contributed by atoms with Gasteiger partial charge >= 0.3 is 0 Å². The zero-order valence-corrected chi connectivity index (χ0v) is 12.1. The molecule has 0 aliphatic rings. The third-order valence-electron chi connectivity index (χ3n) is 2.56. The lowest BCUT2D eigenvalue weighted by Crippen LogP contribution is -2.33. The van der Waals surface area contributed by atoms with Crippen LogP contribution >= 0.6 is 22.9 Å². The molecular formula is C12H19ClN2OS. The third-order valence-corrected chi connectivity index (χ3v) is 3.74. The van der Waals surface area contributed by atoms with Crippen LogP contribution in [0.2, 0.25) is 0 Å². The van der Waals surface area contributed by atoms with Crippen molar-refractivity contribution in [3.63, 3.8) is 0 Å². The molecule has 96 valence electrons. The predicted molar refractivity (Wildman–Crippen MR) is 72.9 cm³/mol. The summed E-state index contributed by atoms with van der Waals surface area (Å²) in [5.74, 6) is 0.639. The van der Waals surface area contributed by atoms with E-state index in [9.17, 15) is 4.79 Å². The Bertz CT molecular complexity index is 376. The van der Waals surface area contributed by atoms with Gasteiger partial charge in [-0.15, -0.1) is 22.9 Å². The van der Waals surface area contributed by atoms with E-state index < -0.39 is 0 Å². The Kier molecular flexibility index (Phi) is 5.40. The van der Waals surface area contributed by atoms with Gasteiger partial charge in [0.1, 0.15) is 4.88 Å². The summed E-state index contributed by atoms with van der Waals surface area (Å²) in [6.45, 7) is 6.83. The highest BCUT2D eigenvalue weighted by atomic mass is 35.5. The minimum atomic E-state index is -0.0328. The van der Waals surface area contributed by atoms with E-state index in [0.29, 0.717) is 17.3 Å². The lowest BCUT2D eigenvalue weighted by atomic mass is 9.88. The van der Waals surface area contributed by atoms with Crippen molar-refractivity contribution in [3.8, 4) is 0 Å². The molecule has 5 heteroatoms. The van der Waals surface area contributed by atoms with Crippen molar-refractivity contribution in [3.05, 3.63) is 16.1 Å². The van der Waals surface area contributed by atoms with Gasteiger partial charge in [0, 0.05) is 12.4 Å².